The predicted molar refractivity (Wildman–Crippen MR) is 66.3 cm³/mol. The molecular weight excluding hydrogens is 229 g/mol. The van der Waals surface area contributed by atoms with Gasteiger partial charge in [-0.1, -0.05) is 18.2 Å². The standard InChI is InChI=1S/C14H14FN3/c15-13-4-2-1-3-12(13)8-18-6-5-11-7-16-10-17-14(11)9-18/h1-4,7,10H,5-6,8-9H2. The van der Waals surface area contributed by atoms with Gasteiger partial charge in [0.25, 0.3) is 0 Å². The van der Waals surface area contributed by atoms with Crippen molar-refractivity contribution in [2.75, 3.05) is 6.54 Å². The van der Waals surface area contributed by atoms with Crippen LogP contribution < -0.4 is 0 Å². The fourth-order valence-electron chi connectivity index (χ4n) is 2.31. The van der Waals surface area contributed by atoms with Crippen molar-refractivity contribution < 1.29 is 4.39 Å². The molecule has 0 aliphatic carbocycles. The van der Waals surface area contributed by atoms with Crippen LogP contribution in [0.5, 0.6) is 0 Å². The summed E-state index contributed by atoms with van der Waals surface area (Å²) in [5.74, 6) is -0.133. The zero-order valence-electron chi connectivity index (χ0n) is 10.0. The highest BCUT2D eigenvalue weighted by Gasteiger charge is 2.18. The SMILES string of the molecule is Fc1ccccc1CN1CCc2cncnc2C1. The molecule has 1 aromatic heterocycles. The number of aromatic nitrogens is 2. The van der Waals surface area contributed by atoms with Crippen molar-refractivity contribution >= 4 is 0 Å². The van der Waals surface area contributed by atoms with Crippen molar-refractivity contribution in [2.45, 2.75) is 19.5 Å². The molecule has 0 fully saturated rings. The van der Waals surface area contributed by atoms with Gasteiger partial charge in [-0.2, -0.15) is 0 Å². The first-order valence-corrected chi connectivity index (χ1v) is 6.06. The zero-order chi connectivity index (χ0) is 12.4. The predicted octanol–water partition coefficient (Wildman–Crippen LogP) is 2.17. The molecule has 3 nitrogen and oxygen atoms in total. The third-order valence-corrected chi connectivity index (χ3v) is 3.30. The third kappa shape index (κ3) is 2.24. The van der Waals surface area contributed by atoms with E-state index in [-0.39, 0.29) is 5.82 Å². The molecule has 0 saturated carbocycles. The number of hydrogen-bond acceptors (Lipinski definition) is 3. The summed E-state index contributed by atoms with van der Waals surface area (Å²) in [6.07, 6.45) is 4.39. The van der Waals surface area contributed by atoms with Gasteiger partial charge >= 0.3 is 0 Å². The number of hydrogen-bond donors (Lipinski definition) is 0. The fourth-order valence-corrected chi connectivity index (χ4v) is 2.31. The lowest BCUT2D eigenvalue weighted by Gasteiger charge is -2.27. The molecule has 2 aromatic rings. The second-order valence-corrected chi connectivity index (χ2v) is 4.55. The molecule has 0 saturated heterocycles. The molecule has 0 spiro atoms. The van der Waals surface area contributed by atoms with E-state index in [1.165, 1.54) is 11.6 Å². The summed E-state index contributed by atoms with van der Waals surface area (Å²) in [6, 6.07) is 6.94. The Bertz CT molecular complexity index is 556. The number of rotatable bonds is 2. The van der Waals surface area contributed by atoms with Crippen LogP contribution in [0, 0.1) is 5.82 Å². The van der Waals surface area contributed by atoms with E-state index in [2.05, 4.69) is 14.9 Å². The highest BCUT2D eigenvalue weighted by molar-refractivity contribution is 5.21. The van der Waals surface area contributed by atoms with Gasteiger partial charge in [0.1, 0.15) is 12.1 Å². The molecule has 18 heavy (non-hydrogen) atoms. The molecule has 0 radical (unpaired) electrons. The van der Waals surface area contributed by atoms with Gasteiger partial charge in [0, 0.05) is 31.4 Å². The summed E-state index contributed by atoms with van der Waals surface area (Å²) in [4.78, 5) is 10.5. The first-order chi connectivity index (χ1) is 8.83. The molecular formula is C14H14FN3. The van der Waals surface area contributed by atoms with E-state index >= 15 is 0 Å². The minimum Gasteiger partial charge on any atom is -0.293 e. The van der Waals surface area contributed by atoms with E-state index in [0.717, 1.165) is 30.8 Å². The lowest BCUT2D eigenvalue weighted by atomic mass is 10.1. The van der Waals surface area contributed by atoms with Crippen molar-refractivity contribution in [3.8, 4) is 0 Å². The van der Waals surface area contributed by atoms with Crippen LogP contribution >= 0.6 is 0 Å². The second kappa shape index (κ2) is 4.82. The molecule has 0 unspecified atom stereocenters. The molecule has 1 aliphatic rings. The molecule has 0 amide bonds. The van der Waals surface area contributed by atoms with E-state index in [0.29, 0.717) is 6.54 Å². The normalized spacial score (nSPS) is 15.4. The topological polar surface area (TPSA) is 29.0 Å². The summed E-state index contributed by atoms with van der Waals surface area (Å²) in [6.45, 7) is 2.33. The number of fused-ring (bicyclic) bond motifs is 1. The molecule has 0 bridgehead atoms. The van der Waals surface area contributed by atoms with E-state index in [4.69, 9.17) is 0 Å². The Morgan fingerprint density at radius 2 is 2.17 bits per heavy atom. The van der Waals surface area contributed by atoms with Gasteiger partial charge in [-0.25, -0.2) is 14.4 Å². The third-order valence-electron chi connectivity index (χ3n) is 3.30. The van der Waals surface area contributed by atoms with Gasteiger partial charge in [0.15, 0.2) is 0 Å². The quantitative estimate of drug-likeness (QED) is 0.809. The summed E-state index contributed by atoms with van der Waals surface area (Å²) >= 11 is 0. The minimum absolute atomic E-state index is 0.133. The van der Waals surface area contributed by atoms with Gasteiger partial charge in [0.2, 0.25) is 0 Å². The van der Waals surface area contributed by atoms with E-state index in [1.54, 1.807) is 12.4 Å². The number of benzene rings is 1. The van der Waals surface area contributed by atoms with Gasteiger partial charge in [0.05, 0.1) is 5.69 Å². The Kier molecular flexibility index (Phi) is 3.02. The van der Waals surface area contributed by atoms with Gasteiger partial charge < -0.3 is 0 Å². The monoisotopic (exact) mass is 243 g/mol. The van der Waals surface area contributed by atoms with Crippen molar-refractivity contribution in [3.05, 3.63) is 59.4 Å². The van der Waals surface area contributed by atoms with Crippen molar-refractivity contribution in [1.82, 2.24) is 14.9 Å². The zero-order valence-corrected chi connectivity index (χ0v) is 10.0. The van der Waals surface area contributed by atoms with Crippen LogP contribution in [0.1, 0.15) is 16.8 Å². The first-order valence-electron chi connectivity index (χ1n) is 6.06. The van der Waals surface area contributed by atoms with Gasteiger partial charge in [-0.05, 0) is 18.1 Å². The molecule has 2 heterocycles. The van der Waals surface area contributed by atoms with E-state index in [9.17, 15) is 4.39 Å². The van der Waals surface area contributed by atoms with Crippen LogP contribution in [0.15, 0.2) is 36.8 Å². The Labute approximate surface area is 105 Å². The van der Waals surface area contributed by atoms with Crippen LogP contribution in [0.2, 0.25) is 0 Å². The summed E-state index contributed by atoms with van der Waals surface area (Å²) in [5, 5.41) is 0. The highest BCUT2D eigenvalue weighted by Crippen LogP contribution is 2.18. The summed E-state index contributed by atoms with van der Waals surface area (Å²) < 4.78 is 13.6. The maximum atomic E-state index is 13.6. The van der Waals surface area contributed by atoms with Crippen LogP contribution in [-0.2, 0) is 19.5 Å². The minimum atomic E-state index is -0.133. The van der Waals surface area contributed by atoms with Crippen molar-refractivity contribution in [1.29, 1.82) is 0 Å². The molecule has 0 atom stereocenters. The van der Waals surface area contributed by atoms with Crippen molar-refractivity contribution in [3.63, 3.8) is 0 Å². The fraction of sp³-hybridized carbons (Fsp3) is 0.286. The molecule has 3 rings (SSSR count). The first kappa shape index (κ1) is 11.3. The molecule has 1 aromatic carbocycles. The molecule has 1 aliphatic heterocycles. The summed E-state index contributed by atoms with van der Waals surface area (Å²) in [5.41, 5.74) is 3.02. The Morgan fingerprint density at radius 3 is 3.06 bits per heavy atom. The number of halogens is 1. The van der Waals surface area contributed by atoms with Crippen LogP contribution in [-0.4, -0.2) is 21.4 Å². The molecule has 0 N–H and O–H groups in total. The Hall–Kier alpha value is -1.81. The lowest BCUT2D eigenvalue weighted by Crippen LogP contribution is -2.31. The maximum Gasteiger partial charge on any atom is 0.127 e. The largest absolute Gasteiger partial charge is 0.293 e. The van der Waals surface area contributed by atoms with Crippen LogP contribution in [0.3, 0.4) is 0 Å². The van der Waals surface area contributed by atoms with E-state index in [1.807, 2.05) is 18.3 Å². The Balaban J connectivity index is 1.75. The number of nitrogens with zero attached hydrogens (tertiary/aromatic N) is 3. The smallest absolute Gasteiger partial charge is 0.127 e. The highest BCUT2D eigenvalue weighted by atomic mass is 19.1. The Morgan fingerprint density at radius 1 is 1.28 bits per heavy atom. The lowest BCUT2D eigenvalue weighted by molar-refractivity contribution is 0.238. The second-order valence-electron chi connectivity index (χ2n) is 4.55. The van der Waals surface area contributed by atoms with Crippen LogP contribution in [0.25, 0.3) is 0 Å². The van der Waals surface area contributed by atoms with Crippen LogP contribution in [0.4, 0.5) is 4.39 Å². The average Bonchev–Trinajstić information content (AvgIpc) is 2.41. The average molecular weight is 243 g/mol. The van der Waals surface area contributed by atoms with Gasteiger partial charge in [-0.3, -0.25) is 4.90 Å². The molecule has 92 valence electrons. The van der Waals surface area contributed by atoms with E-state index < -0.39 is 0 Å². The van der Waals surface area contributed by atoms with Gasteiger partial charge in [-0.15, -0.1) is 0 Å². The van der Waals surface area contributed by atoms with Crippen molar-refractivity contribution in [2.24, 2.45) is 0 Å². The molecule has 4 heteroatoms. The summed E-state index contributed by atoms with van der Waals surface area (Å²) in [7, 11) is 0. The maximum absolute atomic E-state index is 13.6.